The molecule has 0 fully saturated rings. The number of nitrogens with zero attached hydrogens (tertiary/aromatic N) is 2. The summed E-state index contributed by atoms with van der Waals surface area (Å²) in [6.07, 6.45) is 4.83. The highest BCUT2D eigenvalue weighted by Crippen LogP contribution is 2.27. The molecule has 25 heavy (non-hydrogen) atoms. The van der Waals surface area contributed by atoms with Gasteiger partial charge in [-0.05, 0) is 68.1 Å². The predicted molar refractivity (Wildman–Crippen MR) is 106 cm³/mol. The van der Waals surface area contributed by atoms with Gasteiger partial charge >= 0.3 is 0 Å². The molecule has 4 nitrogen and oxygen atoms in total. The first-order chi connectivity index (χ1) is 12.1. The van der Waals surface area contributed by atoms with Crippen LogP contribution in [0.25, 0.3) is 0 Å². The van der Waals surface area contributed by atoms with Crippen LogP contribution >= 0.6 is 0 Å². The minimum absolute atomic E-state index is 0.483. The Labute approximate surface area is 150 Å². The molecule has 1 aliphatic rings. The monoisotopic (exact) mass is 336 g/mol. The number of anilines is 1. The fourth-order valence-corrected chi connectivity index (χ4v) is 3.37. The van der Waals surface area contributed by atoms with Crippen LogP contribution < -0.4 is 11.1 Å². The van der Waals surface area contributed by atoms with E-state index in [0.29, 0.717) is 12.5 Å². The molecule has 0 atom stereocenters. The molecule has 0 amide bonds. The number of fused-ring (bicyclic) bond motifs is 1. The van der Waals surface area contributed by atoms with E-state index in [2.05, 4.69) is 71.8 Å². The van der Waals surface area contributed by atoms with Crippen LogP contribution in [0, 0.1) is 0 Å². The van der Waals surface area contributed by atoms with Crippen LogP contribution in [0.3, 0.4) is 0 Å². The van der Waals surface area contributed by atoms with Gasteiger partial charge in [0.15, 0.2) is 5.96 Å². The second-order valence-corrected chi connectivity index (χ2v) is 7.03. The van der Waals surface area contributed by atoms with Crippen molar-refractivity contribution in [2.75, 3.05) is 19.4 Å². The van der Waals surface area contributed by atoms with Gasteiger partial charge in [-0.15, -0.1) is 0 Å². The van der Waals surface area contributed by atoms with E-state index in [1.54, 1.807) is 0 Å². The van der Waals surface area contributed by atoms with Gasteiger partial charge in [0.1, 0.15) is 0 Å². The summed E-state index contributed by atoms with van der Waals surface area (Å²) in [5.41, 5.74) is 12.5. The van der Waals surface area contributed by atoms with Gasteiger partial charge < -0.3 is 16.0 Å². The Balaban J connectivity index is 1.63. The van der Waals surface area contributed by atoms with Gasteiger partial charge in [0, 0.05) is 12.2 Å². The number of nitrogens with one attached hydrogen (secondary N) is 1. The summed E-state index contributed by atoms with van der Waals surface area (Å²) in [5, 5.41) is 3.30. The molecule has 0 aliphatic heterocycles. The molecule has 3 N–H and O–H groups in total. The quantitative estimate of drug-likeness (QED) is 0.648. The number of hydrogen-bond acceptors (Lipinski definition) is 2. The first kappa shape index (κ1) is 17.5. The molecule has 2 aromatic rings. The normalized spacial score (nSPS) is 14.4. The van der Waals surface area contributed by atoms with E-state index >= 15 is 0 Å². The molecular formula is C21H28N4. The SMILES string of the molecule is CN(C)Cc1ccc(CN=C(N)Nc2cccc3c2CCCC3)cc1. The van der Waals surface area contributed by atoms with E-state index in [1.165, 1.54) is 41.5 Å². The minimum Gasteiger partial charge on any atom is -0.370 e. The van der Waals surface area contributed by atoms with Gasteiger partial charge in [-0.1, -0.05) is 36.4 Å². The molecule has 0 saturated carbocycles. The highest BCUT2D eigenvalue weighted by Gasteiger charge is 2.13. The summed E-state index contributed by atoms with van der Waals surface area (Å²) in [5.74, 6) is 0.483. The van der Waals surface area contributed by atoms with Crippen LogP contribution in [-0.2, 0) is 25.9 Å². The van der Waals surface area contributed by atoms with Crippen LogP contribution in [0.5, 0.6) is 0 Å². The van der Waals surface area contributed by atoms with Gasteiger partial charge in [-0.25, -0.2) is 4.99 Å². The molecule has 0 spiro atoms. The number of aliphatic imine (C=N–C) groups is 1. The van der Waals surface area contributed by atoms with Crippen molar-refractivity contribution in [2.45, 2.75) is 38.8 Å². The number of benzene rings is 2. The van der Waals surface area contributed by atoms with E-state index in [-0.39, 0.29) is 0 Å². The zero-order valence-electron chi connectivity index (χ0n) is 15.3. The maximum Gasteiger partial charge on any atom is 0.193 e. The van der Waals surface area contributed by atoms with Crippen molar-refractivity contribution >= 4 is 11.6 Å². The zero-order valence-corrected chi connectivity index (χ0v) is 15.3. The summed E-state index contributed by atoms with van der Waals surface area (Å²) in [6, 6.07) is 15.0. The largest absolute Gasteiger partial charge is 0.370 e. The molecule has 0 aromatic heterocycles. The van der Waals surface area contributed by atoms with Crippen molar-refractivity contribution in [3.05, 3.63) is 64.7 Å². The van der Waals surface area contributed by atoms with Crippen molar-refractivity contribution in [3.8, 4) is 0 Å². The van der Waals surface area contributed by atoms with Crippen molar-refractivity contribution in [3.63, 3.8) is 0 Å². The van der Waals surface area contributed by atoms with Crippen LogP contribution in [0.4, 0.5) is 5.69 Å². The van der Waals surface area contributed by atoms with Crippen LogP contribution in [0.15, 0.2) is 47.5 Å². The van der Waals surface area contributed by atoms with Crippen LogP contribution in [0.2, 0.25) is 0 Å². The third-order valence-electron chi connectivity index (χ3n) is 4.61. The fraction of sp³-hybridized carbons (Fsp3) is 0.381. The lowest BCUT2D eigenvalue weighted by molar-refractivity contribution is 0.402. The standard InChI is InChI=1S/C21H28N4/c1-25(2)15-17-12-10-16(11-13-17)14-23-21(22)24-20-9-5-7-18-6-3-4-8-19(18)20/h5,7,9-13H,3-4,6,8,14-15H2,1-2H3,(H3,22,23,24). The van der Waals surface area contributed by atoms with E-state index < -0.39 is 0 Å². The summed E-state index contributed by atoms with van der Waals surface area (Å²) in [4.78, 5) is 6.66. The van der Waals surface area contributed by atoms with Gasteiger partial charge in [0.2, 0.25) is 0 Å². The second-order valence-electron chi connectivity index (χ2n) is 7.03. The lowest BCUT2D eigenvalue weighted by atomic mass is 9.90. The molecule has 132 valence electrons. The second kappa shape index (κ2) is 8.17. The molecular weight excluding hydrogens is 308 g/mol. The summed E-state index contributed by atoms with van der Waals surface area (Å²) in [6.45, 7) is 1.54. The van der Waals surface area contributed by atoms with E-state index in [0.717, 1.165) is 18.7 Å². The van der Waals surface area contributed by atoms with Gasteiger partial charge in [-0.3, -0.25) is 0 Å². The minimum atomic E-state index is 0.483. The molecule has 4 heteroatoms. The maximum atomic E-state index is 6.11. The number of nitrogens with two attached hydrogens (primary N) is 1. The van der Waals surface area contributed by atoms with E-state index in [1.807, 2.05) is 0 Å². The van der Waals surface area contributed by atoms with Gasteiger partial charge in [0.25, 0.3) is 0 Å². The molecule has 0 unspecified atom stereocenters. The summed E-state index contributed by atoms with van der Waals surface area (Å²) in [7, 11) is 4.15. The third kappa shape index (κ3) is 4.83. The van der Waals surface area contributed by atoms with Crippen LogP contribution in [0.1, 0.15) is 35.1 Å². The average molecular weight is 336 g/mol. The fourth-order valence-electron chi connectivity index (χ4n) is 3.37. The summed E-state index contributed by atoms with van der Waals surface area (Å²) < 4.78 is 0. The Kier molecular flexibility index (Phi) is 5.71. The Morgan fingerprint density at radius 3 is 2.52 bits per heavy atom. The van der Waals surface area contributed by atoms with Crippen molar-refractivity contribution in [2.24, 2.45) is 10.7 Å². The predicted octanol–water partition coefficient (Wildman–Crippen LogP) is 3.55. The Morgan fingerprint density at radius 2 is 1.76 bits per heavy atom. The molecule has 0 bridgehead atoms. The zero-order chi connectivity index (χ0) is 17.6. The first-order valence-electron chi connectivity index (χ1n) is 9.02. The maximum absolute atomic E-state index is 6.11. The summed E-state index contributed by atoms with van der Waals surface area (Å²) >= 11 is 0. The average Bonchev–Trinajstić information content (AvgIpc) is 2.61. The number of aryl methyl sites for hydroxylation is 1. The highest BCUT2D eigenvalue weighted by molar-refractivity contribution is 5.93. The number of hydrogen-bond donors (Lipinski definition) is 2. The van der Waals surface area contributed by atoms with Crippen molar-refractivity contribution < 1.29 is 0 Å². The number of guanidine groups is 1. The van der Waals surface area contributed by atoms with Crippen LogP contribution in [-0.4, -0.2) is 25.0 Å². The third-order valence-corrected chi connectivity index (χ3v) is 4.61. The number of rotatable bonds is 5. The van der Waals surface area contributed by atoms with E-state index in [9.17, 15) is 0 Å². The highest BCUT2D eigenvalue weighted by atomic mass is 15.1. The Hall–Kier alpha value is -2.33. The van der Waals surface area contributed by atoms with Gasteiger partial charge in [-0.2, -0.15) is 0 Å². The molecule has 1 aliphatic carbocycles. The van der Waals surface area contributed by atoms with Crippen molar-refractivity contribution in [1.82, 2.24) is 4.90 Å². The lowest BCUT2D eigenvalue weighted by Crippen LogP contribution is -2.24. The molecule has 0 heterocycles. The van der Waals surface area contributed by atoms with Crippen molar-refractivity contribution in [1.29, 1.82) is 0 Å². The molecule has 3 rings (SSSR count). The Morgan fingerprint density at radius 1 is 1.04 bits per heavy atom. The first-order valence-corrected chi connectivity index (χ1v) is 9.02. The smallest absolute Gasteiger partial charge is 0.193 e. The molecule has 2 aromatic carbocycles. The molecule has 0 radical (unpaired) electrons. The topological polar surface area (TPSA) is 53.6 Å². The van der Waals surface area contributed by atoms with Gasteiger partial charge in [0.05, 0.1) is 6.54 Å². The Bertz CT molecular complexity index is 732. The lowest BCUT2D eigenvalue weighted by Gasteiger charge is -2.19. The molecule has 0 saturated heterocycles. The van der Waals surface area contributed by atoms with E-state index in [4.69, 9.17) is 5.73 Å².